The minimum atomic E-state index is -0.0890. The molecule has 0 saturated heterocycles. The van der Waals surface area contributed by atoms with Crippen LogP contribution in [0.5, 0.6) is 0 Å². The Hall–Kier alpha value is -0.510. The number of aliphatic hydroxyl groups excluding tert-OH is 1. The predicted octanol–water partition coefficient (Wildman–Crippen LogP) is 3.37. The number of benzene rings is 1. The molecular formula is C16H25NOS. The highest BCUT2D eigenvalue weighted by Gasteiger charge is 2.31. The maximum absolute atomic E-state index is 9.55. The monoisotopic (exact) mass is 279 g/mol. The van der Waals surface area contributed by atoms with E-state index in [2.05, 4.69) is 43.4 Å². The van der Waals surface area contributed by atoms with Gasteiger partial charge in [-0.2, -0.15) is 0 Å². The zero-order valence-electron chi connectivity index (χ0n) is 12.0. The molecule has 0 spiro atoms. The summed E-state index contributed by atoms with van der Waals surface area (Å²) >= 11 is 1.91. The fraction of sp³-hybridized carbons (Fsp3) is 0.625. The summed E-state index contributed by atoms with van der Waals surface area (Å²) in [4.78, 5) is 1.35. The van der Waals surface area contributed by atoms with Gasteiger partial charge in [-0.25, -0.2) is 0 Å². The van der Waals surface area contributed by atoms with Gasteiger partial charge < -0.3 is 10.4 Å². The molecule has 0 aliphatic heterocycles. The molecule has 0 aromatic heterocycles. The van der Waals surface area contributed by atoms with Gasteiger partial charge in [0.25, 0.3) is 0 Å². The summed E-state index contributed by atoms with van der Waals surface area (Å²) in [7, 11) is 0. The van der Waals surface area contributed by atoms with E-state index in [0.29, 0.717) is 6.04 Å². The average molecular weight is 279 g/mol. The van der Waals surface area contributed by atoms with Crippen molar-refractivity contribution < 1.29 is 5.11 Å². The smallest absolute Gasteiger partial charge is 0.0610 e. The van der Waals surface area contributed by atoms with Gasteiger partial charge >= 0.3 is 0 Å². The first-order valence-electron chi connectivity index (χ1n) is 7.19. The van der Waals surface area contributed by atoms with E-state index < -0.39 is 0 Å². The van der Waals surface area contributed by atoms with Gasteiger partial charge in [-0.1, -0.05) is 17.7 Å². The van der Waals surface area contributed by atoms with Crippen molar-refractivity contribution in [3.05, 3.63) is 29.8 Å². The van der Waals surface area contributed by atoms with Crippen LogP contribution in [0.1, 0.15) is 38.2 Å². The van der Waals surface area contributed by atoms with Gasteiger partial charge in [-0.15, -0.1) is 11.8 Å². The van der Waals surface area contributed by atoms with Crippen molar-refractivity contribution in [2.75, 3.05) is 12.4 Å². The molecule has 2 nitrogen and oxygen atoms in total. The van der Waals surface area contributed by atoms with Crippen molar-refractivity contribution >= 4 is 11.8 Å². The molecule has 106 valence electrons. The Balaban J connectivity index is 1.70. The van der Waals surface area contributed by atoms with Crippen LogP contribution in [0.4, 0.5) is 0 Å². The lowest BCUT2D eigenvalue weighted by Gasteiger charge is -2.29. The Bertz CT molecular complexity index is 405. The molecule has 0 amide bonds. The Morgan fingerprint density at radius 1 is 1.42 bits per heavy atom. The summed E-state index contributed by atoms with van der Waals surface area (Å²) in [5.74, 6) is 1.12. The number of aliphatic hydroxyl groups is 1. The second-order valence-corrected chi connectivity index (χ2v) is 7.07. The van der Waals surface area contributed by atoms with Gasteiger partial charge in [0.2, 0.25) is 0 Å². The maximum Gasteiger partial charge on any atom is 0.0610 e. The van der Waals surface area contributed by atoms with E-state index in [1.807, 2.05) is 11.8 Å². The fourth-order valence-electron chi connectivity index (χ4n) is 2.27. The van der Waals surface area contributed by atoms with Crippen LogP contribution in [0.25, 0.3) is 0 Å². The Kier molecular flexibility index (Phi) is 5.31. The summed E-state index contributed by atoms with van der Waals surface area (Å²) in [6.45, 7) is 4.51. The molecule has 1 unspecified atom stereocenters. The standard InChI is InChI=1S/C16H25NOS/c1-13-5-3-6-15(11-13)19-10-4-9-16(2,12-18)17-14-7-8-14/h3,5-6,11,14,17-18H,4,7-10,12H2,1-2H3. The predicted molar refractivity (Wildman–Crippen MR) is 82.8 cm³/mol. The van der Waals surface area contributed by atoms with Crippen LogP contribution in [0.3, 0.4) is 0 Å². The van der Waals surface area contributed by atoms with Crippen LogP contribution in [0, 0.1) is 6.92 Å². The molecular weight excluding hydrogens is 254 g/mol. The highest BCUT2D eigenvalue weighted by Crippen LogP contribution is 2.26. The largest absolute Gasteiger partial charge is 0.394 e. The van der Waals surface area contributed by atoms with Gasteiger partial charge in [0.15, 0.2) is 0 Å². The first-order valence-corrected chi connectivity index (χ1v) is 8.18. The number of hydrogen-bond acceptors (Lipinski definition) is 3. The third-order valence-electron chi connectivity index (χ3n) is 3.61. The summed E-state index contributed by atoms with van der Waals surface area (Å²) in [5, 5.41) is 13.1. The molecule has 2 rings (SSSR count). The van der Waals surface area contributed by atoms with Crippen LogP contribution in [0.15, 0.2) is 29.2 Å². The summed E-state index contributed by atoms with van der Waals surface area (Å²) in [6.07, 6.45) is 4.72. The molecule has 0 bridgehead atoms. The van der Waals surface area contributed by atoms with Crippen LogP contribution in [-0.2, 0) is 0 Å². The molecule has 1 fully saturated rings. The van der Waals surface area contributed by atoms with Gasteiger partial charge in [-0.3, -0.25) is 0 Å². The normalized spacial score (nSPS) is 18.3. The molecule has 2 N–H and O–H groups in total. The Morgan fingerprint density at radius 2 is 2.21 bits per heavy atom. The Morgan fingerprint density at radius 3 is 2.84 bits per heavy atom. The molecule has 1 aromatic rings. The molecule has 3 heteroatoms. The van der Waals surface area contributed by atoms with Crippen molar-refractivity contribution in [3.63, 3.8) is 0 Å². The van der Waals surface area contributed by atoms with Crippen LogP contribution < -0.4 is 5.32 Å². The van der Waals surface area contributed by atoms with Crippen molar-refractivity contribution in [2.24, 2.45) is 0 Å². The van der Waals surface area contributed by atoms with E-state index in [-0.39, 0.29) is 12.1 Å². The summed E-state index contributed by atoms with van der Waals surface area (Å²) in [5.41, 5.74) is 1.23. The quantitative estimate of drug-likeness (QED) is 0.565. The molecule has 0 heterocycles. The van der Waals surface area contributed by atoms with Gasteiger partial charge in [0.05, 0.1) is 6.61 Å². The molecule has 1 aromatic carbocycles. The maximum atomic E-state index is 9.55. The number of rotatable bonds is 8. The summed E-state index contributed by atoms with van der Waals surface area (Å²) in [6, 6.07) is 9.31. The van der Waals surface area contributed by atoms with E-state index in [1.165, 1.54) is 23.3 Å². The third-order valence-corrected chi connectivity index (χ3v) is 4.69. The minimum absolute atomic E-state index is 0.0890. The number of hydrogen-bond donors (Lipinski definition) is 2. The molecule has 1 aliphatic rings. The molecule has 1 aliphatic carbocycles. The molecule has 0 radical (unpaired) electrons. The minimum Gasteiger partial charge on any atom is -0.394 e. The van der Waals surface area contributed by atoms with Crippen molar-refractivity contribution in [3.8, 4) is 0 Å². The molecule has 1 atom stereocenters. The van der Waals surface area contributed by atoms with E-state index in [4.69, 9.17) is 0 Å². The lowest BCUT2D eigenvalue weighted by Crippen LogP contribution is -2.46. The number of nitrogens with one attached hydrogen (secondary N) is 1. The van der Waals surface area contributed by atoms with Crippen molar-refractivity contribution in [1.29, 1.82) is 0 Å². The second-order valence-electron chi connectivity index (χ2n) is 5.91. The second kappa shape index (κ2) is 6.78. The van der Waals surface area contributed by atoms with E-state index >= 15 is 0 Å². The zero-order chi connectivity index (χ0) is 13.7. The van der Waals surface area contributed by atoms with Crippen molar-refractivity contribution in [1.82, 2.24) is 5.32 Å². The van der Waals surface area contributed by atoms with Gasteiger partial charge in [-0.05, 0) is 57.4 Å². The Labute approximate surface area is 121 Å². The molecule has 19 heavy (non-hydrogen) atoms. The average Bonchev–Trinajstić information content (AvgIpc) is 3.19. The van der Waals surface area contributed by atoms with E-state index in [1.54, 1.807) is 0 Å². The lowest BCUT2D eigenvalue weighted by molar-refractivity contribution is 0.163. The van der Waals surface area contributed by atoms with Gasteiger partial charge in [0.1, 0.15) is 0 Å². The third kappa shape index (κ3) is 5.17. The first kappa shape index (κ1) is 14.9. The van der Waals surface area contributed by atoms with Crippen molar-refractivity contribution in [2.45, 2.75) is 56.0 Å². The number of aryl methyl sites for hydroxylation is 1. The fourth-order valence-corrected chi connectivity index (χ4v) is 3.24. The SMILES string of the molecule is Cc1cccc(SCCCC(C)(CO)NC2CC2)c1. The highest BCUT2D eigenvalue weighted by molar-refractivity contribution is 7.99. The zero-order valence-corrected chi connectivity index (χ0v) is 12.8. The van der Waals surface area contributed by atoms with E-state index in [0.717, 1.165) is 18.6 Å². The van der Waals surface area contributed by atoms with Crippen LogP contribution in [0.2, 0.25) is 0 Å². The van der Waals surface area contributed by atoms with E-state index in [9.17, 15) is 5.11 Å². The van der Waals surface area contributed by atoms with Crippen LogP contribution >= 0.6 is 11.8 Å². The summed E-state index contributed by atoms with van der Waals surface area (Å²) < 4.78 is 0. The first-order chi connectivity index (χ1) is 9.11. The topological polar surface area (TPSA) is 32.3 Å². The van der Waals surface area contributed by atoms with Crippen LogP contribution in [-0.4, -0.2) is 29.0 Å². The lowest BCUT2D eigenvalue weighted by atomic mass is 9.97. The highest BCUT2D eigenvalue weighted by atomic mass is 32.2. The van der Waals surface area contributed by atoms with Gasteiger partial charge in [0, 0.05) is 16.5 Å². The molecule has 1 saturated carbocycles. The number of thioether (sulfide) groups is 1.